The lowest BCUT2D eigenvalue weighted by Gasteiger charge is -2.41. The van der Waals surface area contributed by atoms with Gasteiger partial charge in [-0.05, 0) is 24.0 Å². The highest BCUT2D eigenvalue weighted by Crippen LogP contribution is 2.37. The molecule has 1 aliphatic heterocycles. The average molecular weight is 488 g/mol. The Morgan fingerprint density at radius 3 is 2.82 bits per heavy atom. The molecular weight excluding hydrogens is 465 g/mol. The smallest absolute Gasteiger partial charge is 0.306 e. The third-order valence-electron chi connectivity index (χ3n) is 6.31. The molecule has 0 unspecified atom stereocenters. The Morgan fingerprint density at radius 1 is 1.24 bits per heavy atom. The van der Waals surface area contributed by atoms with Crippen molar-refractivity contribution in [3.63, 3.8) is 0 Å². The summed E-state index contributed by atoms with van der Waals surface area (Å²) in [5, 5.41) is 15.3. The molecule has 0 fully saturated rings. The molecule has 1 aliphatic rings. The lowest BCUT2D eigenvalue weighted by atomic mass is 9.85. The Morgan fingerprint density at radius 2 is 2.09 bits per heavy atom. The second-order valence-electron chi connectivity index (χ2n) is 8.34. The van der Waals surface area contributed by atoms with Gasteiger partial charge in [0.25, 0.3) is 0 Å². The zero-order chi connectivity index (χ0) is 23.9. The van der Waals surface area contributed by atoms with Crippen molar-refractivity contribution >= 4 is 11.3 Å². The summed E-state index contributed by atoms with van der Waals surface area (Å²) in [7, 11) is 0. The van der Waals surface area contributed by atoms with E-state index in [2.05, 4.69) is 20.1 Å². The molecule has 1 aromatic carbocycles. The van der Waals surface area contributed by atoms with E-state index in [1.807, 2.05) is 11.8 Å². The van der Waals surface area contributed by atoms with Crippen LogP contribution in [0.1, 0.15) is 23.1 Å². The quantitative estimate of drug-likeness (QED) is 0.409. The molecule has 0 saturated heterocycles. The van der Waals surface area contributed by atoms with Gasteiger partial charge in [-0.1, -0.05) is 6.07 Å². The lowest BCUT2D eigenvalue weighted by molar-refractivity contribution is -0.765. The summed E-state index contributed by atoms with van der Waals surface area (Å²) in [6, 6.07) is 3.94. The van der Waals surface area contributed by atoms with Crippen molar-refractivity contribution in [2.24, 2.45) is 0 Å². The van der Waals surface area contributed by atoms with Gasteiger partial charge in [-0.25, -0.2) is 18.2 Å². The average Bonchev–Trinajstić information content (AvgIpc) is 3.47. The molecular formula is C23H22F3N6OS+. The molecule has 5 rings (SSSR count). The summed E-state index contributed by atoms with van der Waals surface area (Å²) in [6.45, 7) is 2.81. The van der Waals surface area contributed by atoms with E-state index in [4.69, 9.17) is 0 Å². The predicted octanol–water partition coefficient (Wildman–Crippen LogP) is 2.97. The van der Waals surface area contributed by atoms with Crippen LogP contribution in [0.5, 0.6) is 0 Å². The number of halogens is 3. The van der Waals surface area contributed by atoms with Gasteiger partial charge in [-0.15, -0.1) is 11.3 Å². The van der Waals surface area contributed by atoms with E-state index in [1.165, 1.54) is 48.5 Å². The molecule has 4 heterocycles. The van der Waals surface area contributed by atoms with Crippen LogP contribution in [0.25, 0.3) is 10.6 Å². The first-order valence-corrected chi connectivity index (χ1v) is 11.5. The van der Waals surface area contributed by atoms with E-state index in [-0.39, 0.29) is 17.9 Å². The number of thiazole rings is 1. The number of aromatic nitrogens is 5. The molecule has 2 N–H and O–H groups in total. The number of aromatic amines is 1. The second kappa shape index (κ2) is 8.90. The Labute approximate surface area is 197 Å². The van der Waals surface area contributed by atoms with Crippen molar-refractivity contribution in [2.75, 3.05) is 6.54 Å². The topological polar surface area (TPSA) is 81.8 Å². The fraction of sp³-hybridized carbons (Fsp3) is 0.304. The molecule has 0 radical (unpaired) electrons. The predicted molar refractivity (Wildman–Crippen MR) is 118 cm³/mol. The molecule has 3 aromatic heterocycles. The highest BCUT2D eigenvalue weighted by atomic mass is 32.1. The van der Waals surface area contributed by atoms with Gasteiger partial charge in [0.2, 0.25) is 6.33 Å². The van der Waals surface area contributed by atoms with Gasteiger partial charge >= 0.3 is 6.33 Å². The number of hydrogen-bond donors (Lipinski definition) is 2. The van der Waals surface area contributed by atoms with E-state index in [9.17, 15) is 18.3 Å². The maximum atomic E-state index is 14.9. The van der Waals surface area contributed by atoms with Crippen LogP contribution in [0, 0.1) is 17.5 Å². The molecule has 11 heteroatoms. The first kappa shape index (κ1) is 22.6. The van der Waals surface area contributed by atoms with E-state index in [0.717, 1.165) is 22.7 Å². The van der Waals surface area contributed by atoms with Gasteiger partial charge < -0.3 is 5.11 Å². The number of nitrogens with one attached hydrogen (secondary N) is 1. The van der Waals surface area contributed by atoms with Crippen LogP contribution in [0.15, 0.2) is 49.3 Å². The summed E-state index contributed by atoms with van der Waals surface area (Å²) >= 11 is 1.38. The number of aliphatic hydroxyl groups is 1. The molecule has 0 saturated carbocycles. The zero-order valence-electron chi connectivity index (χ0n) is 18.3. The normalized spacial score (nSPS) is 16.7. The largest absolute Gasteiger partial charge is 0.379 e. The van der Waals surface area contributed by atoms with E-state index < -0.39 is 23.3 Å². The van der Waals surface area contributed by atoms with Crippen molar-refractivity contribution in [1.82, 2.24) is 25.0 Å². The third-order valence-corrected chi connectivity index (χ3v) is 7.43. The van der Waals surface area contributed by atoms with Crippen molar-refractivity contribution < 1.29 is 23.0 Å². The number of hydrogen-bond acceptors (Lipinski definition) is 6. The molecule has 4 aromatic rings. The van der Waals surface area contributed by atoms with Crippen molar-refractivity contribution in [2.45, 2.75) is 38.1 Å². The van der Waals surface area contributed by atoms with Crippen molar-refractivity contribution in [3.05, 3.63) is 82.9 Å². The van der Waals surface area contributed by atoms with Gasteiger partial charge in [0, 0.05) is 54.5 Å². The number of rotatable bonds is 6. The summed E-state index contributed by atoms with van der Waals surface area (Å²) in [4.78, 5) is 15.6. The lowest BCUT2D eigenvalue weighted by Crippen LogP contribution is -2.58. The molecule has 2 atom stereocenters. The van der Waals surface area contributed by atoms with Gasteiger partial charge in [-0.2, -0.15) is 9.78 Å². The highest BCUT2D eigenvalue weighted by molar-refractivity contribution is 7.15. The molecule has 0 aliphatic carbocycles. The van der Waals surface area contributed by atoms with Crippen LogP contribution in [-0.2, 0) is 25.1 Å². The summed E-state index contributed by atoms with van der Waals surface area (Å²) in [6.07, 6.45) is 6.39. The van der Waals surface area contributed by atoms with E-state index >= 15 is 0 Å². The SMILES string of the molecule is C[C@@H](N1CCc2nc(-c3cnccc3F)sc2C1)[C@](O)(C[n+]1cnc[nH]1)c1ccc(F)cc1F. The fourth-order valence-corrected chi connectivity index (χ4v) is 5.53. The van der Waals surface area contributed by atoms with Gasteiger partial charge in [-0.3, -0.25) is 9.88 Å². The molecule has 7 nitrogen and oxygen atoms in total. The fourth-order valence-electron chi connectivity index (χ4n) is 4.38. The number of nitrogens with zero attached hydrogens (tertiary/aromatic N) is 5. The maximum absolute atomic E-state index is 14.9. The van der Waals surface area contributed by atoms with Gasteiger partial charge in [0.15, 0.2) is 0 Å². The summed E-state index contributed by atoms with van der Waals surface area (Å²) in [5.41, 5.74) is -0.472. The molecule has 0 spiro atoms. The minimum atomic E-state index is -1.70. The Balaban J connectivity index is 1.47. The molecule has 0 amide bonds. The van der Waals surface area contributed by atoms with E-state index in [1.54, 1.807) is 4.68 Å². The number of pyridine rings is 1. The standard InChI is InChI=1S/C23H21F3N6OS/c1-14(23(33,11-32-13-28-12-29-32)17-3-2-15(24)8-19(17)26)31-7-5-20-21(10-31)34-22(30-20)16-9-27-6-4-18(16)25/h2-4,6,8-9,12-14,33H,5,7,10-11H2,1H3/p+1/t14-,23-/m1/s1. The Kier molecular flexibility index (Phi) is 5.92. The number of H-pyrrole nitrogens is 1. The van der Waals surface area contributed by atoms with Crippen molar-refractivity contribution in [1.29, 1.82) is 0 Å². The van der Waals surface area contributed by atoms with Crippen LogP contribution in [0.3, 0.4) is 0 Å². The van der Waals surface area contributed by atoms with Gasteiger partial charge in [0.05, 0.1) is 11.3 Å². The highest BCUT2D eigenvalue weighted by Gasteiger charge is 2.44. The van der Waals surface area contributed by atoms with Crippen LogP contribution in [0.2, 0.25) is 0 Å². The second-order valence-corrected chi connectivity index (χ2v) is 9.42. The third kappa shape index (κ3) is 4.10. The Hall–Kier alpha value is -3.15. The first-order valence-electron chi connectivity index (χ1n) is 10.7. The molecule has 34 heavy (non-hydrogen) atoms. The maximum Gasteiger partial charge on any atom is 0.306 e. The van der Waals surface area contributed by atoms with Crippen LogP contribution in [0.4, 0.5) is 13.2 Å². The van der Waals surface area contributed by atoms with E-state index in [0.29, 0.717) is 30.1 Å². The minimum Gasteiger partial charge on any atom is -0.379 e. The Bertz CT molecular complexity index is 1310. The monoisotopic (exact) mass is 487 g/mol. The first-order chi connectivity index (χ1) is 16.3. The van der Waals surface area contributed by atoms with Crippen LogP contribution < -0.4 is 4.68 Å². The summed E-state index contributed by atoms with van der Waals surface area (Å²) in [5.74, 6) is -1.92. The van der Waals surface area contributed by atoms with Crippen LogP contribution >= 0.6 is 11.3 Å². The minimum absolute atomic E-state index is 0.00304. The summed E-state index contributed by atoms with van der Waals surface area (Å²) < 4.78 is 44.3. The van der Waals surface area contributed by atoms with Gasteiger partial charge in [0.1, 0.15) is 34.6 Å². The molecule has 0 bridgehead atoms. The number of fused-ring (bicyclic) bond motifs is 1. The molecule has 176 valence electrons. The zero-order valence-corrected chi connectivity index (χ0v) is 19.1. The number of benzene rings is 1. The van der Waals surface area contributed by atoms with Crippen LogP contribution in [-0.4, -0.2) is 42.6 Å². The van der Waals surface area contributed by atoms with Crippen molar-refractivity contribution in [3.8, 4) is 10.6 Å².